The SMILES string of the molecule is CC(C)=COCC1(C)CCCS(=O)C1. The molecule has 0 radical (unpaired) electrons. The Kier molecular flexibility index (Phi) is 4.17. The summed E-state index contributed by atoms with van der Waals surface area (Å²) >= 11 is 0. The van der Waals surface area contributed by atoms with Gasteiger partial charge in [-0.1, -0.05) is 6.92 Å². The van der Waals surface area contributed by atoms with Crippen LogP contribution in [0.3, 0.4) is 0 Å². The normalized spacial score (nSPS) is 32.4. The van der Waals surface area contributed by atoms with Crippen molar-refractivity contribution < 1.29 is 8.95 Å². The van der Waals surface area contributed by atoms with Crippen molar-refractivity contribution in [2.24, 2.45) is 5.41 Å². The predicted octanol–water partition coefficient (Wildman–Crippen LogP) is 2.48. The molecule has 1 heterocycles. The Hall–Kier alpha value is -0.310. The number of rotatable bonds is 3. The Labute approximate surface area is 89.2 Å². The number of hydrogen-bond donors (Lipinski definition) is 0. The maximum absolute atomic E-state index is 11.4. The third-order valence-corrected chi connectivity index (χ3v) is 4.18. The van der Waals surface area contributed by atoms with Crippen LogP contribution in [-0.2, 0) is 15.5 Å². The Morgan fingerprint density at radius 2 is 2.29 bits per heavy atom. The van der Waals surface area contributed by atoms with Crippen LogP contribution in [0.1, 0.15) is 33.6 Å². The molecule has 0 N–H and O–H groups in total. The lowest BCUT2D eigenvalue weighted by Crippen LogP contribution is -2.34. The van der Waals surface area contributed by atoms with E-state index in [0.717, 1.165) is 24.3 Å². The Morgan fingerprint density at radius 1 is 1.57 bits per heavy atom. The molecule has 14 heavy (non-hydrogen) atoms. The van der Waals surface area contributed by atoms with E-state index >= 15 is 0 Å². The summed E-state index contributed by atoms with van der Waals surface area (Å²) in [6, 6.07) is 0. The monoisotopic (exact) mass is 216 g/mol. The fourth-order valence-electron chi connectivity index (χ4n) is 1.72. The third kappa shape index (κ3) is 3.82. The summed E-state index contributed by atoms with van der Waals surface area (Å²) in [5.74, 6) is 1.67. The number of ether oxygens (including phenoxy) is 1. The molecule has 0 aromatic carbocycles. The Balaban J connectivity index is 2.41. The van der Waals surface area contributed by atoms with Crippen LogP contribution in [0.2, 0.25) is 0 Å². The quantitative estimate of drug-likeness (QED) is 0.677. The smallest absolute Gasteiger partial charge is 0.0935 e. The van der Waals surface area contributed by atoms with Gasteiger partial charge in [0.25, 0.3) is 0 Å². The highest BCUT2D eigenvalue weighted by Crippen LogP contribution is 2.29. The average Bonchev–Trinajstić information content (AvgIpc) is 2.01. The van der Waals surface area contributed by atoms with Crippen molar-refractivity contribution in [3.05, 3.63) is 11.8 Å². The lowest BCUT2D eigenvalue weighted by Gasteiger charge is -2.32. The van der Waals surface area contributed by atoms with Crippen molar-refractivity contribution in [2.75, 3.05) is 18.1 Å². The summed E-state index contributed by atoms with van der Waals surface area (Å²) in [5.41, 5.74) is 1.29. The zero-order valence-corrected chi connectivity index (χ0v) is 10.2. The minimum absolute atomic E-state index is 0.120. The Bertz CT molecular complexity index is 244. The predicted molar refractivity (Wildman–Crippen MR) is 60.6 cm³/mol. The van der Waals surface area contributed by atoms with Crippen LogP contribution in [0.15, 0.2) is 11.8 Å². The zero-order valence-electron chi connectivity index (χ0n) is 9.34. The lowest BCUT2D eigenvalue weighted by molar-refractivity contribution is 0.128. The van der Waals surface area contributed by atoms with E-state index in [-0.39, 0.29) is 5.41 Å². The summed E-state index contributed by atoms with van der Waals surface area (Å²) in [6.45, 7) is 6.90. The van der Waals surface area contributed by atoms with Crippen molar-refractivity contribution in [3.63, 3.8) is 0 Å². The van der Waals surface area contributed by atoms with E-state index in [0.29, 0.717) is 6.61 Å². The van der Waals surface area contributed by atoms with E-state index in [1.165, 1.54) is 5.57 Å². The van der Waals surface area contributed by atoms with Gasteiger partial charge in [-0.3, -0.25) is 4.21 Å². The van der Waals surface area contributed by atoms with Crippen molar-refractivity contribution in [3.8, 4) is 0 Å². The van der Waals surface area contributed by atoms with E-state index in [1.54, 1.807) is 6.26 Å². The molecule has 0 saturated carbocycles. The van der Waals surface area contributed by atoms with Crippen LogP contribution in [0.5, 0.6) is 0 Å². The highest BCUT2D eigenvalue weighted by molar-refractivity contribution is 7.85. The molecule has 0 aliphatic carbocycles. The first-order valence-electron chi connectivity index (χ1n) is 5.12. The first-order chi connectivity index (χ1) is 6.52. The van der Waals surface area contributed by atoms with Gasteiger partial charge in [-0.15, -0.1) is 0 Å². The third-order valence-electron chi connectivity index (χ3n) is 2.41. The van der Waals surface area contributed by atoms with Crippen molar-refractivity contribution in [1.29, 1.82) is 0 Å². The van der Waals surface area contributed by atoms with Gasteiger partial charge < -0.3 is 4.74 Å². The van der Waals surface area contributed by atoms with Gasteiger partial charge in [0.2, 0.25) is 0 Å². The minimum atomic E-state index is -0.624. The fourth-order valence-corrected chi connectivity index (χ4v) is 3.33. The first kappa shape index (κ1) is 11.8. The first-order valence-corrected chi connectivity index (χ1v) is 6.61. The molecule has 0 bridgehead atoms. The van der Waals surface area contributed by atoms with Gasteiger partial charge in [-0.2, -0.15) is 0 Å². The summed E-state index contributed by atoms with van der Waals surface area (Å²) in [4.78, 5) is 0. The second-order valence-electron chi connectivity index (χ2n) is 4.71. The van der Waals surface area contributed by atoms with E-state index < -0.39 is 10.8 Å². The molecule has 82 valence electrons. The van der Waals surface area contributed by atoms with Gasteiger partial charge in [0.1, 0.15) is 0 Å². The molecule has 0 aromatic heterocycles. The van der Waals surface area contributed by atoms with Crippen LogP contribution in [0, 0.1) is 5.41 Å². The zero-order chi connectivity index (χ0) is 10.6. The molecule has 2 unspecified atom stereocenters. The van der Waals surface area contributed by atoms with Crippen LogP contribution in [0.4, 0.5) is 0 Å². The van der Waals surface area contributed by atoms with Crippen LogP contribution in [-0.4, -0.2) is 22.3 Å². The van der Waals surface area contributed by atoms with E-state index in [4.69, 9.17) is 4.74 Å². The van der Waals surface area contributed by atoms with Gasteiger partial charge in [0.05, 0.1) is 12.9 Å². The largest absolute Gasteiger partial charge is 0.501 e. The van der Waals surface area contributed by atoms with E-state index in [9.17, 15) is 4.21 Å². The molecule has 2 atom stereocenters. The van der Waals surface area contributed by atoms with Gasteiger partial charge in [0.15, 0.2) is 0 Å². The molecule has 1 saturated heterocycles. The molecule has 0 amide bonds. The molecule has 1 aliphatic rings. The van der Waals surface area contributed by atoms with Gasteiger partial charge in [0, 0.05) is 27.7 Å². The molecule has 1 rings (SSSR count). The second kappa shape index (κ2) is 4.96. The summed E-state index contributed by atoms with van der Waals surface area (Å²) in [5, 5.41) is 0. The molecular formula is C11H20O2S. The van der Waals surface area contributed by atoms with Crippen LogP contribution < -0.4 is 0 Å². The average molecular weight is 216 g/mol. The lowest BCUT2D eigenvalue weighted by atomic mass is 9.88. The highest BCUT2D eigenvalue weighted by Gasteiger charge is 2.30. The molecule has 0 aromatic rings. The standard InChI is InChI=1S/C11H20O2S/c1-10(2)7-13-8-11(3)5-4-6-14(12)9-11/h7H,4-6,8-9H2,1-3H3. The molecular weight excluding hydrogens is 196 g/mol. The van der Waals surface area contributed by atoms with E-state index in [1.807, 2.05) is 13.8 Å². The van der Waals surface area contributed by atoms with Gasteiger partial charge in [-0.05, 0) is 32.3 Å². The molecule has 2 nitrogen and oxygen atoms in total. The summed E-state index contributed by atoms with van der Waals surface area (Å²) < 4.78 is 16.9. The van der Waals surface area contributed by atoms with Crippen LogP contribution in [0.25, 0.3) is 0 Å². The summed E-state index contributed by atoms with van der Waals surface area (Å²) in [6.07, 6.45) is 4.00. The van der Waals surface area contributed by atoms with Gasteiger partial charge >= 0.3 is 0 Å². The second-order valence-corrected chi connectivity index (χ2v) is 6.29. The minimum Gasteiger partial charge on any atom is -0.501 e. The van der Waals surface area contributed by atoms with Crippen molar-refractivity contribution in [1.82, 2.24) is 0 Å². The maximum Gasteiger partial charge on any atom is 0.0935 e. The van der Waals surface area contributed by atoms with Gasteiger partial charge in [-0.25, -0.2) is 0 Å². The number of allylic oxidation sites excluding steroid dienone is 1. The number of hydrogen-bond acceptors (Lipinski definition) is 2. The Morgan fingerprint density at radius 3 is 2.86 bits per heavy atom. The topological polar surface area (TPSA) is 26.3 Å². The maximum atomic E-state index is 11.4. The molecule has 1 fully saturated rings. The van der Waals surface area contributed by atoms with Crippen molar-refractivity contribution >= 4 is 10.8 Å². The molecule has 0 spiro atoms. The van der Waals surface area contributed by atoms with Crippen molar-refractivity contribution in [2.45, 2.75) is 33.6 Å². The summed E-state index contributed by atoms with van der Waals surface area (Å²) in [7, 11) is -0.624. The van der Waals surface area contributed by atoms with E-state index in [2.05, 4.69) is 6.92 Å². The fraction of sp³-hybridized carbons (Fsp3) is 0.818. The molecule has 3 heteroatoms. The molecule has 1 aliphatic heterocycles. The highest BCUT2D eigenvalue weighted by atomic mass is 32.2. The van der Waals surface area contributed by atoms with Crippen LogP contribution >= 0.6 is 0 Å².